The number of hydrogen-bond donors (Lipinski definition) is 2. The molecule has 1 aliphatic heterocycles. The van der Waals surface area contributed by atoms with E-state index < -0.39 is 0 Å². The van der Waals surface area contributed by atoms with Gasteiger partial charge in [-0.2, -0.15) is 0 Å². The molecule has 1 heterocycles. The number of rotatable bonds is 6. The monoisotopic (exact) mass is 471 g/mol. The van der Waals surface area contributed by atoms with E-state index in [2.05, 4.69) is 10.6 Å². The molecule has 2 aromatic rings. The van der Waals surface area contributed by atoms with E-state index in [-0.39, 0.29) is 30.9 Å². The predicted molar refractivity (Wildman–Crippen MR) is 129 cm³/mol. The molecule has 1 saturated heterocycles. The number of nitrogens with one attached hydrogen (secondary N) is 2. The van der Waals surface area contributed by atoms with Crippen LogP contribution in [0, 0.1) is 6.92 Å². The molecule has 0 bridgehead atoms. The fourth-order valence-electron chi connectivity index (χ4n) is 3.53. The summed E-state index contributed by atoms with van der Waals surface area (Å²) in [7, 11) is 1.72. The molecule has 0 atom stereocenters. The van der Waals surface area contributed by atoms with E-state index in [0.29, 0.717) is 43.4 Å². The summed E-state index contributed by atoms with van der Waals surface area (Å²) < 4.78 is 0. The molecule has 176 valence electrons. The predicted octanol–water partition coefficient (Wildman–Crippen LogP) is 3.56. The second-order valence-corrected chi connectivity index (χ2v) is 8.49. The van der Waals surface area contributed by atoms with E-state index >= 15 is 0 Å². The molecule has 0 unspecified atom stereocenters. The Bertz CT molecular complexity index is 977. The molecule has 0 aliphatic carbocycles. The van der Waals surface area contributed by atoms with Gasteiger partial charge in [0.05, 0.1) is 0 Å². The fraction of sp³-hybridized carbons (Fsp3) is 0.375. The molecule has 0 radical (unpaired) electrons. The summed E-state index contributed by atoms with van der Waals surface area (Å²) in [4.78, 5) is 42.2. The molecule has 3 rings (SSSR count). The van der Waals surface area contributed by atoms with Gasteiger partial charge in [0.2, 0.25) is 5.91 Å². The minimum Gasteiger partial charge on any atom is -0.339 e. The first-order valence-corrected chi connectivity index (χ1v) is 11.3. The molecular weight excluding hydrogens is 442 g/mol. The van der Waals surface area contributed by atoms with Crippen LogP contribution in [0.25, 0.3) is 0 Å². The lowest BCUT2D eigenvalue weighted by Crippen LogP contribution is -2.52. The Kier molecular flexibility index (Phi) is 8.54. The number of halogens is 1. The minimum atomic E-state index is -0.218. The summed E-state index contributed by atoms with van der Waals surface area (Å²) in [6, 6.07) is 14.7. The van der Waals surface area contributed by atoms with Gasteiger partial charge in [-0.05, 0) is 30.2 Å². The highest BCUT2D eigenvalue weighted by atomic mass is 35.5. The van der Waals surface area contributed by atoms with Crippen molar-refractivity contribution in [2.24, 2.45) is 0 Å². The zero-order valence-electron chi connectivity index (χ0n) is 19.0. The number of urea groups is 2. The van der Waals surface area contributed by atoms with Gasteiger partial charge in [-0.1, -0.05) is 48.0 Å². The smallest absolute Gasteiger partial charge is 0.321 e. The Morgan fingerprint density at radius 3 is 2.33 bits per heavy atom. The zero-order valence-corrected chi connectivity index (χ0v) is 19.8. The number of nitrogens with zero attached hydrogens (tertiary/aromatic N) is 3. The van der Waals surface area contributed by atoms with E-state index in [0.717, 1.165) is 11.1 Å². The van der Waals surface area contributed by atoms with Crippen LogP contribution in [-0.4, -0.2) is 72.4 Å². The number of carbonyl (C=O) groups excluding carboxylic acids is 3. The number of carbonyl (C=O) groups is 3. The van der Waals surface area contributed by atoms with Crippen LogP contribution in [0.1, 0.15) is 17.5 Å². The van der Waals surface area contributed by atoms with E-state index in [1.165, 1.54) is 0 Å². The molecule has 0 saturated carbocycles. The normalized spacial score (nSPS) is 13.4. The highest BCUT2D eigenvalue weighted by Crippen LogP contribution is 2.20. The van der Waals surface area contributed by atoms with E-state index in [1.807, 2.05) is 49.4 Å². The van der Waals surface area contributed by atoms with Crippen LogP contribution in [0.15, 0.2) is 48.5 Å². The van der Waals surface area contributed by atoms with Crippen LogP contribution in [0.3, 0.4) is 0 Å². The van der Waals surface area contributed by atoms with Crippen molar-refractivity contribution >= 4 is 35.3 Å². The van der Waals surface area contributed by atoms with Crippen molar-refractivity contribution in [3.8, 4) is 0 Å². The molecule has 8 nitrogen and oxygen atoms in total. The molecule has 33 heavy (non-hydrogen) atoms. The Balaban J connectivity index is 1.36. The SMILES string of the molecule is Cc1ccc(NC(=O)N2CCN(C(=O)CCNC(=O)N(C)Cc3ccccc3)CC2)cc1Cl. The lowest BCUT2D eigenvalue weighted by Gasteiger charge is -2.34. The summed E-state index contributed by atoms with van der Waals surface area (Å²) in [6.45, 7) is 4.49. The first-order valence-electron chi connectivity index (χ1n) is 11.0. The van der Waals surface area contributed by atoms with E-state index in [1.54, 1.807) is 27.8 Å². The third-order valence-corrected chi connectivity index (χ3v) is 5.97. The van der Waals surface area contributed by atoms with Crippen molar-refractivity contribution in [1.29, 1.82) is 0 Å². The van der Waals surface area contributed by atoms with Crippen molar-refractivity contribution in [1.82, 2.24) is 20.0 Å². The lowest BCUT2D eigenvalue weighted by molar-refractivity contribution is -0.132. The number of amides is 5. The van der Waals surface area contributed by atoms with Gasteiger partial charge in [0.1, 0.15) is 0 Å². The average Bonchev–Trinajstić information content (AvgIpc) is 2.82. The molecule has 1 fully saturated rings. The second kappa shape index (κ2) is 11.6. The van der Waals surface area contributed by atoms with Gasteiger partial charge in [-0.15, -0.1) is 0 Å². The average molecular weight is 472 g/mol. The zero-order chi connectivity index (χ0) is 23.8. The number of piperazine rings is 1. The van der Waals surface area contributed by atoms with Crippen molar-refractivity contribution in [2.45, 2.75) is 19.9 Å². The van der Waals surface area contributed by atoms with Crippen molar-refractivity contribution in [3.05, 3.63) is 64.7 Å². The van der Waals surface area contributed by atoms with Gasteiger partial charge >= 0.3 is 12.1 Å². The third kappa shape index (κ3) is 7.12. The maximum atomic E-state index is 12.5. The molecule has 2 aromatic carbocycles. The standard InChI is InChI=1S/C24H30ClN5O3/c1-18-8-9-20(16-21(18)25)27-24(33)30-14-12-29(13-15-30)22(31)10-11-26-23(32)28(2)17-19-6-4-3-5-7-19/h3-9,16H,10-15,17H2,1-2H3,(H,26,32)(H,27,33). The van der Waals surface area contributed by atoms with Crippen LogP contribution in [0.4, 0.5) is 15.3 Å². The summed E-state index contributed by atoms with van der Waals surface area (Å²) in [5.41, 5.74) is 2.63. The van der Waals surface area contributed by atoms with Crippen LogP contribution in [0.5, 0.6) is 0 Å². The Labute approximate surface area is 199 Å². The number of anilines is 1. The van der Waals surface area contributed by atoms with Crippen molar-refractivity contribution in [2.75, 3.05) is 45.1 Å². The van der Waals surface area contributed by atoms with Gasteiger partial charge in [0.15, 0.2) is 0 Å². The number of hydrogen-bond acceptors (Lipinski definition) is 3. The first-order chi connectivity index (χ1) is 15.8. The molecule has 0 aromatic heterocycles. The molecule has 2 N–H and O–H groups in total. The largest absolute Gasteiger partial charge is 0.339 e. The minimum absolute atomic E-state index is 0.0358. The number of aryl methyl sites for hydroxylation is 1. The summed E-state index contributed by atoms with van der Waals surface area (Å²) >= 11 is 6.11. The van der Waals surface area contributed by atoms with Crippen LogP contribution in [-0.2, 0) is 11.3 Å². The topological polar surface area (TPSA) is 85.0 Å². The second-order valence-electron chi connectivity index (χ2n) is 8.09. The van der Waals surface area contributed by atoms with Crippen LogP contribution in [0.2, 0.25) is 5.02 Å². The summed E-state index contributed by atoms with van der Waals surface area (Å²) in [6.07, 6.45) is 0.221. The van der Waals surface area contributed by atoms with Crippen LogP contribution >= 0.6 is 11.6 Å². The Hall–Kier alpha value is -3.26. The highest BCUT2D eigenvalue weighted by Gasteiger charge is 2.24. The first kappa shape index (κ1) is 24.4. The molecule has 5 amide bonds. The van der Waals surface area contributed by atoms with Gasteiger partial charge < -0.3 is 25.3 Å². The molecule has 9 heteroatoms. The van der Waals surface area contributed by atoms with E-state index in [9.17, 15) is 14.4 Å². The highest BCUT2D eigenvalue weighted by molar-refractivity contribution is 6.31. The van der Waals surface area contributed by atoms with Crippen LogP contribution < -0.4 is 10.6 Å². The maximum absolute atomic E-state index is 12.5. The van der Waals surface area contributed by atoms with Crippen molar-refractivity contribution in [3.63, 3.8) is 0 Å². The lowest BCUT2D eigenvalue weighted by atomic mass is 10.2. The van der Waals surface area contributed by atoms with Gasteiger partial charge in [0.25, 0.3) is 0 Å². The van der Waals surface area contributed by atoms with Gasteiger partial charge in [-0.25, -0.2) is 9.59 Å². The Morgan fingerprint density at radius 2 is 1.67 bits per heavy atom. The summed E-state index contributed by atoms with van der Waals surface area (Å²) in [5.74, 6) is -0.0358. The van der Waals surface area contributed by atoms with Gasteiger partial charge in [-0.3, -0.25) is 4.79 Å². The number of benzene rings is 2. The molecular formula is C24H30ClN5O3. The summed E-state index contributed by atoms with van der Waals surface area (Å²) in [5, 5.41) is 6.23. The van der Waals surface area contributed by atoms with Crippen molar-refractivity contribution < 1.29 is 14.4 Å². The third-order valence-electron chi connectivity index (χ3n) is 5.57. The molecule has 1 aliphatic rings. The molecule has 0 spiro atoms. The van der Waals surface area contributed by atoms with Gasteiger partial charge in [0, 0.05) is 63.4 Å². The Morgan fingerprint density at radius 1 is 1.00 bits per heavy atom. The van der Waals surface area contributed by atoms with E-state index in [4.69, 9.17) is 11.6 Å². The fourth-order valence-corrected chi connectivity index (χ4v) is 3.71. The maximum Gasteiger partial charge on any atom is 0.321 e. The quantitative estimate of drug-likeness (QED) is 0.675.